The van der Waals surface area contributed by atoms with Gasteiger partial charge in [0, 0.05) is 17.9 Å². The third-order valence-electron chi connectivity index (χ3n) is 5.02. The van der Waals surface area contributed by atoms with Crippen LogP contribution in [0.5, 0.6) is 17.2 Å². The van der Waals surface area contributed by atoms with Crippen molar-refractivity contribution in [2.24, 2.45) is 0 Å². The molecule has 0 heterocycles. The fourth-order valence-electron chi connectivity index (χ4n) is 3.22. The van der Waals surface area contributed by atoms with E-state index in [2.05, 4.69) is 10.6 Å². The van der Waals surface area contributed by atoms with Gasteiger partial charge in [0.25, 0.3) is 5.91 Å². The first kappa shape index (κ1) is 23.2. The molecule has 4 aromatic rings. The van der Waals surface area contributed by atoms with Crippen molar-refractivity contribution < 1.29 is 14.3 Å². The summed E-state index contributed by atoms with van der Waals surface area (Å²) in [6, 6.07) is 30.5. The van der Waals surface area contributed by atoms with Crippen LogP contribution in [0, 0.1) is 6.92 Å². The number of amides is 1. The van der Waals surface area contributed by atoms with Crippen LogP contribution in [0.3, 0.4) is 0 Å². The number of ether oxygens (including phenoxy) is 2. The molecule has 0 aromatic heterocycles. The fraction of sp³-hybridized carbons (Fsp3) is 0.107. The van der Waals surface area contributed by atoms with Gasteiger partial charge in [0.1, 0.15) is 17.2 Å². The average Bonchev–Trinajstić information content (AvgIpc) is 2.85. The predicted molar refractivity (Wildman–Crippen MR) is 137 cm³/mol. The second kappa shape index (κ2) is 11.3. The molecular formula is C28H25ClN2O3. The minimum Gasteiger partial charge on any atom is -0.482 e. The number of carbonyl (C=O) groups excluding carboxylic acids is 1. The molecule has 0 radical (unpaired) electrons. The van der Waals surface area contributed by atoms with Crippen LogP contribution in [-0.2, 0) is 11.3 Å². The Morgan fingerprint density at radius 3 is 2.21 bits per heavy atom. The Balaban J connectivity index is 1.25. The molecule has 0 atom stereocenters. The lowest BCUT2D eigenvalue weighted by atomic mass is 10.2. The van der Waals surface area contributed by atoms with Crippen LogP contribution >= 0.6 is 11.6 Å². The summed E-state index contributed by atoms with van der Waals surface area (Å²) >= 11 is 6.37. The number of hydrogen-bond acceptors (Lipinski definition) is 4. The summed E-state index contributed by atoms with van der Waals surface area (Å²) in [5.74, 6) is 1.79. The summed E-state index contributed by atoms with van der Waals surface area (Å²) in [7, 11) is 0. The molecule has 0 aliphatic heterocycles. The maximum atomic E-state index is 12.1. The second-order valence-corrected chi connectivity index (χ2v) is 8.17. The molecule has 1 amide bonds. The van der Waals surface area contributed by atoms with Crippen molar-refractivity contribution in [3.8, 4) is 17.2 Å². The highest BCUT2D eigenvalue weighted by Crippen LogP contribution is 2.27. The standard InChI is InChI=1S/C28H25ClN2O3/c1-20-7-10-23(11-8-20)31-28(32)19-33-27-16-9-21(17-26(27)29)18-30-22-12-14-25(15-13-22)34-24-5-3-2-4-6-24/h2-17,30H,18-19H2,1H3,(H,31,32). The maximum Gasteiger partial charge on any atom is 0.262 e. The zero-order chi connectivity index (χ0) is 23.8. The molecule has 0 aliphatic rings. The molecule has 5 nitrogen and oxygen atoms in total. The molecule has 0 saturated carbocycles. The Hall–Kier alpha value is -3.96. The Morgan fingerprint density at radius 1 is 0.824 bits per heavy atom. The molecule has 6 heteroatoms. The zero-order valence-corrected chi connectivity index (χ0v) is 19.5. The van der Waals surface area contributed by atoms with Crippen LogP contribution in [0.1, 0.15) is 11.1 Å². The predicted octanol–water partition coefficient (Wildman–Crippen LogP) is 7.07. The molecule has 4 rings (SSSR count). The van der Waals surface area contributed by atoms with E-state index in [0.29, 0.717) is 17.3 Å². The molecular weight excluding hydrogens is 448 g/mol. The average molecular weight is 473 g/mol. The van der Waals surface area contributed by atoms with Crippen molar-refractivity contribution in [1.29, 1.82) is 0 Å². The van der Waals surface area contributed by atoms with Crippen molar-refractivity contribution in [3.05, 3.63) is 113 Å². The zero-order valence-electron chi connectivity index (χ0n) is 18.8. The van der Waals surface area contributed by atoms with Gasteiger partial charge in [-0.05, 0) is 73.2 Å². The summed E-state index contributed by atoms with van der Waals surface area (Å²) in [5, 5.41) is 6.61. The van der Waals surface area contributed by atoms with Gasteiger partial charge in [-0.3, -0.25) is 4.79 Å². The monoisotopic (exact) mass is 472 g/mol. The molecule has 172 valence electrons. The molecule has 0 aliphatic carbocycles. The number of para-hydroxylation sites is 1. The smallest absolute Gasteiger partial charge is 0.262 e. The van der Waals surface area contributed by atoms with Gasteiger partial charge in [0.05, 0.1) is 5.02 Å². The quantitative estimate of drug-likeness (QED) is 0.273. The lowest BCUT2D eigenvalue weighted by Crippen LogP contribution is -2.20. The number of hydrogen-bond donors (Lipinski definition) is 2. The van der Waals surface area contributed by atoms with Crippen LogP contribution in [0.4, 0.5) is 11.4 Å². The lowest BCUT2D eigenvalue weighted by molar-refractivity contribution is -0.118. The van der Waals surface area contributed by atoms with Gasteiger partial charge in [0.2, 0.25) is 0 Å². The molecule has 0 unspecified atom stereocenters. The summed E-state index contributed by atoms with van der Waals surface area (Å²) in [6.07, 6.45) is 0. The Morgan fingerprint density at radius 2 is 1.50 bits per heavy atom. The highest BCUT2D eigenvalue weighted by atomic mass is 35.5. The van der Waals surface area contributed by atoms with E-state index in [1.54, 1.807) is 6.07 Å². The Bertz CT molecular complexity index is 1230. The largest absolute Gasteiger partial charge is 0.482 e. The van der Waals surface area contributed by atoms with Crippen molar-refractivity contribution in [1.82, 2.24) is 0 Å². The molecule has 0 saturated heterocycles. The van der Waals surface area contributed by atoms with Gasteiger partial charge in [-0.15, -0.1) is 0 Å². The van der Waals surface area contributed by atoms with Crippen molar-refractivity contribution in [3.63, 3.8) is 0 Å². The maximum absolute atomic E-state index is 12.1. The third kappa shape index (κ3) is 6.77. The molecule has 4 aromatic carbocycles. The minimum absolute atomic E-state index is 0.122. The summed E-state index contributed by atoms with van der Waals surface area (Å²) in [6.45, 7) is 2.46. The van der Waals surface area contributed by atoms with Gasteiger partial charge in [-0.25, -0.2) is 0 Å². The van der Waals surface area contributed by atoms with Crippen LogP contribution in [0.15, 0.2) is 97.1 Å². The number of halogens is 1. The van der Waals surface area contributed by atoms with E-state index in [0.717, 1.165) is 34.0 Å². The molecule has 0 spiro atoms. The van der Waals surface area contributed by atoms with E-state index in [4.69, 9.17) is 21.1 Å². The number of aryl methyl sites for hydroxylation is 1. The number of carbonyl (C=O) groups is 1. The molecule has 0 fully saturated rings. The highest BCUT2D eigenvalue weighted by Gasteiger charge is 2.08. The number of nitrogens with one attached hydrogen (secondary N) is 2. The van der Waals surface area contributed by atoms with E-state index in [9.17, 15) is 4.79 Å². The topological polar surface area (TPSA) is 59.6 Å². The van der Waals surface area contributed by atoms with Gasteiger partial charge < -0.3 is 20.1 Å². The van der Waals surface area contributed by atoms with E-state index in [-0.39, 0.29) is 12.5 Å². The van der Waals surface area contributed by atoms with Crippen LogP contribution < -0.4 is 20.1 Å². The first-order valence-corrected chi connectivity index (χ1v) is 11.3. The number of rotatable bonds is 9. The van der Waals surface area contributed by atoms with Gasteiger partial charge in [-0.2, -0.15) is 0 Å². The van der Waals surface area contributed by atoms with Crippen LogP contribution in [0.25, 0.3) is 0 Å². The van der Waals surface area contributed by atoms with E-state index >= 15 is 0 Å². The Kier molecular flexibility index (Phi) is 7.68. The van der Waals surface area contributed by atoms with E-state index < -0.39 is 0 Å². The fourth-order valence-corrected chi connectivity index (χ4v) is 3.48. The van der Waals surface area contributed by atoms with E-state index in [1.165, 1.54) is 0 Å². The molecule has 0 bridgehead atoms. The summed E-state index contributed by atoms with van der Waals surface area (Å²) in [5.41, 5.74) is 3.81. The Labute approximate surface area is 204 Å². The number of benzene rings is 4. The first-order valence-electron chi connectivity index (χ1n) is 10.9. The van der Waals surface area contributed by atoms with Crippen molar-refractivity contribution in [2.75, 3.05) is 17.2 Å². The lowest BCUT2D eigenvalue weighted by Gasteiger charge is -2.12. The van der Waals surface area contributed by atoms with Crippen LogP contribution in [-0.4, -0.2) is 12.5 Å². The van der Waals surface area contributed by atoms with Crippen LogP contribution in [0.2, 0.25) is 5.02 Å². The van der Waals surface area contributed by atoms with Crippen molar-refractivity contribution in [2.45, 2.75) is 13.5 Å². The van der Waals surface area contributed by atoms with Crippen molar-refractivity contribution >= 4 is 28.9 Å². The molecule has 2 N–H and O–H groups in total. The SMILES string of the molecule is Cc1ccc(NC(=O)COc2ccc(CNc3ccc(Oc4ccccc4)cc3)cc2Cl)cc1. The summed E-state index contributed by atoms with van der Waals surface area (Å²) in [4.78, 5) is 12.1. The van der Waals surface area contributed by atoms with Gasteiger partial charge in [-0.1, -0.05) is 53.6 Å². The first-order chi connectivity index (χ1) is 16.5. The minimum atomic E-state index is -0.245. The second-order valence-electron chi connectivity index (χ2n) is 7.76. The normalized spacial score (nSPS) is 10.4. The molecule has 34 heavy (non-hydrogen) atoms. The summed E-state index contributed by atoms with van der Waals surface area (Å²) < 4.78 is 11.4. The third-order valence-corrected chi connectivity index (χ3v) is 5.32. The van der Waals surface area contributed by atoms with Gasteiger partial charge >= 0.3 is 0 Å². The highest BCUT2D eigenvalue weighted by molar-refractivity contribution is 6.32. The number of anilines is 2. The van der Waals surface area contributed by atoms with Gasteiger partial charge in [0.15, 0.2) is 6.61 Å². The van der Waals surface area contributed by atoms with E-state index in [1.807, 2.05) is 97.9 Å².